The third-order valence-corrected chi connectivity index (χ3v) is 4.56. The molecule has 0 saturated heterocycles. The van der Waals surface area contributed by atoms with Gasteiger partial charge in [-0.25, -0.2) is 8.78 Å². The molecular formula is C14H18F2N2. The standard InChI is InChI=1S/C14H18F2N2/c1-7-2-3-11(15)12(13(7)16)14(18-17)10-5-8-4-9(8)6-10/h2-3,8-10,14,18H,4-6,17H2,1H3. The van der Waals surface area contributed by atoms with Crippen LogP contribution in [-0.2, 0) is 0 Å². The number of aryl methyl sites for hydroxylation is 1. The Bertz CT molecular complexity index is 465. The first-order valence-electron chi connectivity index (χ1n) is 6.52. The summed E-state index contributed by atoms with van der Waals surface area (Å²) in [6, 6.07) is 2.39. The molecule has 2 nitrogen and oxygen atoms in total. The molecule has 1 aromatic carbocycles. The van der Waals surface area contributed by atoms with Crippen molar-refractivity contribution in [3.05, 3.63) is 34.9 Å². The van der Waals surface area contributed by atoms with Gasteiger partial charge in [0, 0.05) is 5.56 Å². The zero-order valence-electron chi connectivity index (χ0n) is 10.4. The summed E-state index contributed by atoms with van der Waals surface area (Å²) < 4.78 is 28.0. The summed E-state index contributed by atoms with van der Waals surface area (Å²) in [5.41, 5.74) is 3.21. The highest BCUT2D eigenvalue weighted by Crippen LogP contribution is 2.57. The molecule has 4 heteroatoms. The number of hydrazine groups is 1. The molecule has 0 heterocycles. The third kappa shape index (κ3) is 1.84. The molecule has 2 aliphatic rings. The van der Waals surface area contributed by atoms with E-state index in [1.807, 2.05) is 0 Å². The number of hydrogen-bond acceptors (Lipinski definition) is 2. The van der Waals surface area contributed by atoms with E-state index in [0.717, 1.165) is 24.7 Å². The van der Waals surface area contributed by atoms with Gasteiger partial charge in [-0.2, -0.15) is 0 Å². The molecule has 2 saturated carbocycles. The fourth-order valence-electron chi connectivity index (χ4n) is 3.45. The van der Waals surface area contributed by atoms with Crippen molar-refractivity contribution in [3.8, 4) is 0 Å². The van der Waals surface area contributed by atoms with Crippen LogP contribution in [0.2, 0.25) is 0 Å². The van der Waals surface area contributed by atoms with Gasteiger partial charge in [-0.3, -0.25) is 11.3 Å². The Balaban J connectivity index is 1.93. The van der Waals surface area contributed by atoms with Crippen molar-refractivity contribution in [1.82, 2.24) is 5.43 Å². The van der Waals surface area contributed by atoms with Gasteiger partial charge in [0.15, 0.2) is 0 Å². The summed E-state index contributed by atoms with van der Waals surface area (Å²) in [7, 11) is 0. The van der Waals surface area contributed by atoms with E-state index >= 15 is 0 Å². The lowest BCUT2D eigenvalue weighted by molar-refractivity contribution is 0.326. The number of nitrogens with one attached hydrogen (secondary N) is 1. The fourth-order valence-corrected chi connectivity index (χ4v) is 3.45. The number of fused-ring (bicyclic) bond motifs is 1. The molecule has 3 rings (SSSR count). The van der Waals surface area contributed by atoms with Crippen LogP contribution in [-0.4, -0.2) is 0 Å². The largest absolute Gasteiger partial charge is 0.271 e. The third-order valence-electron chi connectivity index (χ3n) is 4.56. The molecule has 0 amide bonds. The molecule has 0 bridgehead atoms. The Morgan fingerprint density at radius 1 is 1.22 bits per heavy atom. The fraction of sp³-hybridized carbons (Fsp3) is 0.571. The summed E-state index contributed by atoms with van der Waals surface area (Å²) in [6.07, 6.45) is 3.35. The van der Waals surface area contributed by atoms with E-state index in [4.69, 9.17) is 5.84 Å². The topological polar surface area (TPSA) is 38.0 Å². The van der Waals surface area contributed by atoms with Crippen molar-refractivity contribution < 1.29 is 8.78 Å². The number of rotatable bonds is 3. The van der Waals surface area contributed by atoms with Crippen LogP contribution in [0, 0.1) is 36.3 Å². The van der Waals surface area contributed by atoms with Crippen molar-refractivity contribution in [2.75, 3.05) is 0 Å². The van der Waals surface area contributed by atoms with Gasteiger partial charge in [0.05, 0.1) is 6.04 Å². The first-order valence-corrected chi connectivity index (χ1v) is 6.52. The summed E-state index contributed by atoms with van der Waals surface area (Å²) in [5, 5.41) is 0. The Morgan fingerprint density at radius 3 is 2.50 bits per heavy atom. The molecule has 1 aromatic rings. The zero-order valence-corrected chi connectivity index (χ0v) is 10.4. The predicted molar refractivity (Wildman–Crippen MR) is 65.5 cm³/mol. The molecule has 3 unspecified atom stereocenters. The average molecular weight is 252 g/mol. The number of nitrogens with two attached hydrogens (primary N) is 1. The molecule has 0 aliphatic heterocycles. The van der Waals surface area contributed by atoms with Gasteiger partial charge in [0.1, 0.15) is 11.6 Å². The van der Waals surface area contributed by atoms with Gasteiger partial charge in [-0.05, 0) is 55.6 Å². The Hall–Kier alpha value is -1.00. The van der Waals surface area contributed by atoms with Crippen molar-refractivity contribution in [2.24, 2.45) is 23.6 Å². The first-order chi connectivity index (χ1) is 8.61. The van der Waals surface area contributed by atoms with E-state index < -0.39 is 17.7 Å². The highest BCUT2D eigenvalue weighted by atomic mass is 19.1. The summed E-state index contributed by atoms with van der Waals surface area (Å²) in [6.45, 7) is 1.65. The van der Waals surface area contributed by atoms with Crippen LogP contribution in [0.1, 0.15) is 36.4 Å². The molecular weight excluding hydrogens is 234 g/mol. The lowest BCUT2D eigenvalue weighted by atomic mass is 9.88. The normalized spacial score (nSPS) is 31.2. The van der Waals surface area contributed by atoms with Gasteiger partial charge in [0.25, 0.3) is 0 Å². The smallest absolute Gasteiger partial charge is 0.133 e. The quantitative estimate of drug-likeness (QED) is 0.641. The number of hydrogen-bond donors (Lipinski definition) is 2. The van der Waals surface area contributed by atoms with Crippen LogP contribution in [0.5, 0.6) is 0 Å². The van der Waals surface area contributed by atoms with Crippen LogP contribution < -0.4 is 11.3 Å². The highest BCUT2D eigenvalue weighted by Gasteiger charge is 2.48. The summed E-state index contributed by atoms with van der Waals surface area (Å²) in [4.78, 5) is 0. The second kappa shape index (κ2) is 4.28. The molecule has 98 valence electrons. The monoisotopic (exact) mass is 252 g/mol. The van der Waals surface area contributed by atoms with Gasteiger partial charge in [0.2, 0.25) is 0 Å². The van der Waals surface area contributed by atoms with E-state index in [-0.39, 0.29) is 11.5 Å². The maximum absolute atomic E-state index is 14.1. The van der Waals surface area contributed by atoms with Crippen molar-refractivity contribution in [3.63, 3.8) is 0 Å². The van der Waals surface area contributed by atoms with Crippen LogP contribution >= 0.6 is 0 Å². The number of benzene rings is 1. The molecule has 3 atom stereocenters. The molecule has 2 aliphatic carbocycles. The van der Waals surface area contributed by atoms with Crippen LogP contribution in [0.15, 0.2) is 12.1 Å². The Kier molecular flexibility index (Phi) is 2.87. The van der Waals surface area contributed by atoms with Gasteiger partial charge in [-0.15, -0.1) is 0 Å². The number of halogens is 2. The van der Waals surface area contributed by atoms with Gasteiger partial charge < -0.3 is 0 Å². The lowest BCUT2D eigenvalue weighted by Crippen LogP contribution is -2.34. The van der Waals surface area contributed by atoms with Crippen LogP contribution in [0.3, 0.4) is 0 Å². The minimum atomic E-state index is -0.498. The second-order valence-corrected chi connectivity index (χ2v) is 5.72. The SMILES string of the molecule is Cc1ccc(F)c(C(NN)C2CC3CC3C2)c1F. The molecule has 0 radical (unpaired) electrons. The minimum Gasteiger partial charge on any atom is -0.271 e. The molecule has 18 heavy (non-hydrogen) atoms. The summed E-state index contributed by atoms with van der Waals surface area (Å²) in [5.74, 6) is 6.38. The van der Waals surface area contributed by atoms with Gasteiger partial charge >= 0.3 is 0 Å². The lowest BCUT2D eigenvalue weighted by Gasteiger charge is -2.25. The highest BCUT2D eigenvalue weighted by molar-refractivity contribution is 5.30. The van der Waals surface area contributed by atoms with Crippen molar-refractivity contribution in [1.29, 1.82) is 0 Å². The van der Waals surface area contributed by atoms with Crippen molar-refractivity contribution in [2.45, 2.75) is 32.2 Å². The van der Waals surface area contributed by atoms with E-state index in [2.05, 4.69) is 5.43 Å². The second-order valence-electron chi connectivity index (χ2n) is 5.72. The molecule has 0 aromatic heterocycles. The molecule has 0 spiro atoms. The van der Waals surface area contributed by atoms with E-state index in [0.29, 0.717) is 5.56 Å². The average Bonchev–Trinajstić information content (AvgIpc) is 2.97. The van der Waals surface area contributed by atoms with Crippen LogP contribution in [0.4, 0.5) is 8.78 Å². The van der Waals surface area contributed by atoms with E-state index in [1.165, 1.54) is 18.6 Å². The Labute approximate surface area is 106 Å². The minimum absolute atomic E-state index is 0.115. The van der Waals surface area contributed by atoms with Crippen molar-refractivity contribution >= 4 is 0 Å². The Morgan fingerprint density at radius 2 is 1.89 bits per heavy atom. The van der Waals surface area contributed by atoms with Gasteiger partial charge in [-0.1, -0.05) is 6.07 Å². The van der Waals surface area contributed by atoms with Crippen LogP contribution in [0.25, 0.3) is 0 Å². The zero-order chi connectivity index (χ0) is 12.9. The maximum atomic E-state index is 14.1. The van der Waals surface area contributed by atoms with E-state index in [1.54, 1.807) is 6.92 Å². The molecule has 3 N–H and O–H groups in total. The first kappa shape index (κ1) is 12.1. The van der Waals surface area contributed by atoms with E-state index in [9.17, 15) is 8.78 Å². The maximum Gasteiger partial charge on any atom is 0.133 e. The summed E-state index contributed by atoms with van der Waals surface area (Å²) >= 11 is 0. The molecule has 2 fully saturated rings. The predicted octanol–water partition coefficient (Wildman–Crippen LogP) is 2.82.